The van der Waals surface area contributed by atoms with Crippen LogP contribution in [-0.2, 0) is 21.4 Å². The van der Waals surface area contributed by atoms with E-state index in [-0.39, 0.29) is 17.4 Å². The molecule has 0 aliphatic heterocycles. The fourth-order valence-electron chi connectivity index (χ4n) is 3.24. The molecule has 0 saturated heterocycles. The predicted octanol–water partition coefficient (Wildman–Crippen LogP) is 4.25. The van der Waals surface area contributed by atoms with Gasteiger partial charge in [0.25, 0.3) is 15.9 Å². The maximum atomic E-state index is 13.0. The highest BCUT2D eigenvalue weighted by Gasteiger charge is 2.23. The Morgan fingerprint density at radius 1 is 0.906 bits per heavy atom. The zero-order chi connectivity index (χ0) is 23.1. The van der Waals surface area contributed by atoms with Crippen molar-refractivity contribution < 1.29 is 17.9 Å². The van der Waals surface area contributed by atoms with Crippen LogP contribution in [0.15, 0.2) is 83.8 Å². The van der Waals surface area contributed by atoms with Gasteiger partial charge in [0.2, 0.25) is 0 Å². The number of benzene rings is 3. The van der Waals surface area contributed by atoms with Crippen molar-refractivity contribution in [3.63, 3.8) is 0 Å². The Labute approximate surface area is 190 Å². The summed E-state index contributed by atoms with van der Waals surface area (Å²) in [7, 11) is -1.94. The van der Waals surface area contributed by atoms with E-state index in [0.29, 0.717) is 24.5 Å². The number of carbonyl (C=O) groups is 1. The van der Waals surface area contributed by atoms with Gasteiger partial charge >= 0.3 is 0 Å². The molecule has 0 saturated carbocycles. The van der Waals surface area contributed by atoms with E-state index in [9.17, 15) is 13.2 Å². The van der Waals surface area contributed by atoms with Crippen LogP contribution in [0.3, 0.4) is 0 Å². The van der Waals surface area contributed by atoms with Crippen LogP contribution in [-0.4, -0.2) is 39.4 Å². The fourth-order valence-corrected chi connectivity index (χ4v) is 4.71. The van der Waals surface area contributed by atoms with Crippen LogP contribution in [0.25, 0.3) is 0 Å². The standard InChI is InChI=1S/C25H28N2O4S/c1-4-27(32(29,30)24-16-10-20(2)11-17-24)22-12-14-23(15-13-22)31-19-25(28)26(3)18-21-8-6-5-7-9-21/h5-17H,4,18-19H2,1-3H3. The molecule has 0 radical (unpaired) electrons. The third-order valence-electron chi connectivity index (χ3n) is 5.07. The van der Waals surface area contributed by atoms with Crippen molar-refractivity contribution in [3.05, 3.63) is 90.0 Å². The average Bonchev–Trinajstić information content (AvgIpc) is 2.79. The van der Waals surface area contributed by atoms with E-state index in [1.165, 1.54) is 4.31 Å². The summed E-state index contributed by atoms with van der Waals surface area (Å²) < 4.78 is 33.1. The molecular formula is C25H28N2O4S. The number of hydrogen-bond acceptors (Lipinski definition) is 4. The Morgan fingerprint density at radius 3 is 2.12 bits per heavy atom. The SMILES string of the molecule is CCN(c1ccc(OCC(=O)N(C)Cc2ccccc2)cc1)S(=O)(=O)c1ccc(C)cc1. The molecule has 0 aromatic heterocycles. The summed E-state index contributed by atoms with van der Waals surface area (Å²) >= 11 is 0. The topological polar surface area (TPSA) is 66.9 Å². The molecular weight excluding hydrogens is 424 g/mol. The number of nitrogens with zero attached hydrogens (tertiary/aromatic N) is 2. The minimum absolute atomic E-state index is 0.0954. The number of likely N-dealkylation sites (N-methyl/N-ethyl adjacent to an activating group) is 1. The third kappa shape index (κ3) is 5.68. The number of amides is 1. The maximum Gasteiger partial charge on any atom is 0.264 e. The molecule has 3 aromatic rings. The van der Waals surface area contributed by atoms with E-state index < -0.39 is 10.0 Å². The van der Waals surface area contributed by atoms with Crippen molar-refractivity contribution in [2.75, 3.05) is 24.5 Å². The summed E-state index contributed by atoms with van der Waals surface area (Å²) in [5, 5.41) is 0. The molecule has 0 aliphatic carbocycles. The maximum absolute atomic E-state index is 13.0. The van der Waals surface area contributed by atoms with Crippen molar-refractivity contribution in [1.29, 1.82) is 0 Å². The first-order chi connectivity index (χ1) is 15.3. The molecule has 0 N–H and O–H groups in total. The lowest BCUT2D eigenvalue weighted by molar-refractivity contribution is -0.132. The first-order valence-electron chi connectivity index (χ1n) is 10.4. The molecule has 168 valence electrons. The quantitative estimate of drug-likeness (QED) is 0.487. The molecule has 0 bridgehead atoms. The Hall–Kier alpha value is -3.32. The van der Waals surface area contributed by atoms with Crippen molar-refractivity contribution >= 4 is 21.6 Å². The third-order valence-corrected chi connectivity index (χ3v) is 6.99. The van der Waals surface area contributed by atoms with Crippen molar-refractivity contribution in [2.45, 2.75) is 25.3 Å². The summed E-state index contributed by atoms with van der Waals surface area (Å²) in [4.78, 5) is 14.2. The fraction of sp³-hybridized carbons (Fsp3) is 0.240. The van der Waals surface area contributed by atoms with Gasteiger partial charge in [-0.2, -0.15) is 0 Å². The van der Waals surface area contributed by atoms with E-state index >= 15 is 0 Å². The molecule has 3 rings (SSSR count). The second-order valence-corrected chi connectivity index (χ2v) is 9.36. The highest BCUT2D eigenvalue weighted by Crippen LogP contribution is 2.26. The number of carbonyl (C=O) groups excluding carboxylic acids is 1. The van der Waals surface area contributed by atoms with Crippen molar-refractivity contribution in [1.82, 2.24) is 4.90 Å². The lowest BCUT2D eigenvalue weighted by Gasteiger charge is -2.23. The Morgan fingerprint density at radius 2 is 1.53 bits per heavy atom. The summed E-state index contributed by atoms with van der Waals surface area (Å²) in [6, 6.07) is 23.2. The van der Waals surface area contributed by atoms with Gasteiger partial charge in [0.15, 0.2) is 6.61 Å². The van der Waals surface area contributed by atoms with Crippen molar-refractivity contribution in [3.8, 4) is 5.75 Å². The van der Waals surface area contributed by atoms with Crippen LogP contribution in [0.2, 0.25) is 0 Å². The summed E-state index contributed by atoms with van der Waals surface area (Å²) in [5.41, 5.74) is 2.58. The van der Waals surface area contributed by atoms with Gasteiger partial charge in [-0.15, -0.1) is 0 Å². The summed E-state index contributed by atoms with van der Waals surface area (Å²) in [5.74, 6) is 0.356. The molecule has 1 amide bonds. The van der Waals surface area contributed by atoms with Gasteiger partial charge in [0.05, 0.1) is 10.6 Å². The predicted molar refractivity (Wildman–Crippen MR) is 126 cm³/mol. The number of hydrogen-bond donors (Lipinski definition) is 0. The Kier molecular flexibility index (Phi) is 7.53. The highest BCUT2D eigenvalue weighted by molar-refractivity contribution is 7.92. The van der Waals surface area contributed by atoms with Gasteiger partial charge in [-0.3, -0.25) is 9.10 Å². The van der Waals surface area contributed by atoms with Gasteiger partial charge in [-0.25, -0.2) is 8.42 Å². The number of sulfonamides is 1. The van der Waals surface area contributed by atoms with Gasteiger partial charge in [0, 0.05) is 20.1 Å². The van der Waals surface area contributed by atoms with E-state index in [0.717, 1.165) is 11.1 Å². The van der Waals surface area contributed by atoms with Crippen molar-refractivity contribution in [2.24, 2.45) is 0 Å². The molecule has 32 heavy (non-hydrogen) atoms. The lowest BCUT2D eigenvalue weighted by atomic mass is 10.2. The van der Waals surface area contributed by atoms with E-state index in [4.69, 9.17) is 4.74 Å². The second-order valence-electron chi connectivity index (χ2n) is 7.50. The normalized spacial score (nSPS) is 11.1. The molecule has 0 heterocycles. The van der Waals surface area contributed by atoms with E-state index in [1.54, 1.807) is 67.4 Å². The molecule has 0 atom stereocenters. The molecule has 0 fully saturated rings. The van der Waals surface area contributed by atoms with E-state index in [2.05, 4.69) is 0 Å². The first kappa shape index (κ1) is 23.3. The minimum Gasteiger partial charge on any atom is -0.484 e. The number of rotatable bonds is 9. The van der Waals surface area contributed by atoms with Crippen LogP contribution in [0.4, 0.5) is 5.69 Å². The van der Waals surface area contributed by atoms with Crippen LogP contribution >= 0.6 is 0 Å². The molecule has 7 heteroatoms. The van der Waals surface area contributed by atoms with E-state index in [1.807, 2.05) is 37.3 Å². The Bertz CT molecular complexity index is 1130. The molecule has 3 aromatic carbocycles. The van der Waals surface area contributed by atoms with Gasteiger partial charge in [0.1, 0.15) is 5.75 Å². The van der Waals surface area contributed by atoms with Gasteiger partial charge < -0.3 is 9.64 Å². The number of ether oxygens (including phenoxy) is 1. The lowest BCUT2D eigenvalue weighted by Crippen LogP contribution is -2.31. The average molecular weight is 453 g/mol. The summed E-state index contributed by atoms with van der Waals surface area (Å²) in [6.07, 6.45) is 0. The largest absolute Gasteiger partial charge is 0.484 e. The smallest absolute Gasteiger partial charge is 0.264 e. The molecule has 0 unspecified atom stereocenters. The molecule has 6 nitrogen and oxygen atoms in total. The monoisotopic (exact) mass is 452 g/mol. The molecule has 0 spiro atoms. The van der Waals surface area contributed by atoms with Crippen LogP contribution in [0.1, 0.15) is 18.1 Å². The second kappa shape index (κ2) is 10.3. The van der Waals surface area contributed by atoms with Gasteiger partial charge in [-0.1, -0.05) is 48.0 Å². The number of aryl methyl sites for hydroxylation is 1. The Balaban J connectivity index is 1.63. The summed E-state index contributed by atoms with van der Waals surface area (Å²) in [6.45, 7) is 4.40. The zero-order valence-corrected chi connectivity index (χ0v) is 19.4. The number of anilines is 1. The minimum atomic E-state index is -3.67. The van der Waals surface area contributed by atoms with Crippen LogP contribution in [0, 0.1) is 6.92 Å². The zero-order valence-electron chi connectivity index (χ0n) is 18.6. The van der Waals surface area contributed by atoms with Crippen LogP contribution in [0.5, 0.6) is 5.75 Å². The van der Waals surface area contributed by atoms with Gasteiger partial charge in [-0.05, 0) is 55.8 Å². The van der Waals surface area contributed by atoms with Crippen LogP contribution < -0.4 is 9.04 Å². The highest BCUT2D eigenvalue weighted by atomic mass is 32.2. The molecule has 0 aliphatic rings. The first-order valence-corrected chi connectivity index (χ1v) is 11.9.